The van der Waals surface area contributed by atoms with E-state index in [0.29, 0.717) is 6.04 Å². The Labute approximate surface area is 90.0 Å². The van der Waals surface area contributed by atoms with Gasteiger partial charge in [-0.3, -0.25) is 0 Å². The van der Waals surface area contributed by atoms with Crippen LogP contribution in [0.4, 0.5) is 0 Å². The fourth-order valence-electron chi connectivity index (χ4n) is 1.39. The first-order chi connectivity index (χ1) is 6.56. The van der Waals surface area contributed by atoms with E-state index in [1.807, 2.05) is 7.05 Å². The lowest BCUT2D eigenvalue weighted by Crippen LogP contribution is -2.19. The summed E-state index contributed by atoms with van der Waals surface area (Å²) < 4.78 is 0. The van der Waals surface area contributed by atoms with Crippen LogP contribution in [0.5, 0.6) is 0 Å². The molecule has 0 spiro atoms. The van der Waals surface area contributed by atoms with Crippen LogP contribution in [0.3, 0.4) is 0 Å². The van der Waals surface area contributed by atoms with Gasteiger partial charge in [-0.25, -0.2) is 0 Å². The summed E-state index contributed by atoms with van der Waals surface area (Å²) in [6, 6.07) is 0.607. The molecule has 0 rings (SSSR count). The molecule has 0 bridgehead atoms. The average Bonchev–Trinajstić information content (AvgIpc) is 2.13. The Kier molecular flexibility index (Phi) is 7.87. The molecule has 0 radical (unpaired) electrons. The minimum absolute atomic E-state index is 0.607. The van der Waals surface area contributed by atoms with E-state index in [9.17, 15) is 0 Å². The van der Waals surface area contributed by atoms with Gasteiger partial charge in [-0.05, 0) is 46.1 Å². The van der Waals surface area contributed by atoms with E-state index < -0.39 is 0 Å². The van der Waals surface area contributed by atoms with Gasteiger partial charge in [-0.2, -0.15) is 0 Å². The second-order valence-corrected chi connectivity index (χ2v) is 4.76. The predicted octanol–water partition coefficient (Wildman–Crippen LogP) is 3.76. The Morgan fingerprint density at radius 3 is 2.43 bits per heavy atom. The van der Waals surface area contributed by atoms with Crippen molar-refractivity contribution in [1.29, 1.82) is 0 Å². The topological polar surface area (TPSA) is 12.0 Å². The summed E-state index contributed by atoms with van der Waals surface area (Å²) in [6.45, 7) is 9.06. The Morgan fingerprint density at radius 2 is 1.93 bits per heavy atom. The van der Waals surface area contributed by atoms with Gasteiger partial charge in [0, 0.05) is 6.04 Å². The fourth-order valence-corrected chi connectivity index (χ4v) is 1.39. The Balaban J connectivity index is 3.56. The smallest absolute Gasteiger partial charge is 0.00703 e. The molecular weight excluding hydrogens is 170 g/mol. The molecule has 0 amide bonds. The lowest BCUT2D eigenvalue weighted by atomic mass is 10.0. The van der Waals surface area contributed by atoms with E-state index in [1.54, 1.807) is 5.57 Å². The monoisotopic (exact) mass is 197 g/mol. The van der Waals surface area contributed by atoms with Crippen molar-refractivity contribution in [3.8, 4) is 0 Å². The van der Waals surface area contributed by atoms with Crippen LogP contribution in [0.1, 0.15) is 53.4 Å². The molecule has 14 heavy (non-hydrogen) atoms. The van der Waals surface area contributed by atoms with Crippen LogP contribution in [0.25, 0.3) is 0 Å². The molecule has 1 atom stereocenters. The Bertz CT molecular complexity index is 159. The lowest BCUT2D eigenvalue weighted by molar-refractivity contribution is 0.553. The summed E-state index contributed by atoms with van der Waals surface area (Å²) in [5, 5.41) is 3.25. The molecule has 1 heteroatoms. The summed E-state index contributed by atoms with van der Waals surface area (Å²) in [5.74, 6) is 0.846. The van der Waals surface area contributed by atoms with E-state index in [0.717, 1.165) is 12.3 Å². The van der Waals surface area contributed by atoms with Crippen LogP contribution in [0.2, 0.25) is 0 Å². The van der Waals surface area contributed by atoms with Crippen molar-refractivity contribution in [2.24, 2.45) is 5.92 Å². The van der Waals surface area contributed by atoms with Crippen molar-refractivity contribution >= 4 is 0 Å². The van der Waals surface area contributed by atoms with Crippen molar-refractivity contribution in [3.63, 3.8) is 0 Å². The zero-order valence-corrected chi connectivity index (χ0v) is 10.6. The minimum atomic E-state index is 0.607. The van der Waals surface area contributed by atoms with E-state index in [4.69, 9.17) is 0 Å². The number of allylic oxidation sites excluding steroid dienone is 1. The normalized spacial score (nSPS) is 14.9. The highest BCUT2D eigenvalue weighted by atomic mass is 14.8. The summed E-state index contributed by atoms with van der Waals surface area (Å²) in [7, 11) is 2.02. The SMILES string of the molecule is CN[C@@H](C)C/C=C(\C)CCCC(C)C. The molecule has 0 aliphatic heterocycles. The van der Waals surface area contributed by atoms with Crippen LogP contribution in [0.15, 0.2) is 11.6 Å². The summed E-state index contributed by atoms with van der Waals surface area (Å²) >= 11 is 0. The van der Waals surface area contributed by atoms with E-state index in [-0.39, 0.29) is 0 Å². The third-order valence-corrected chi connectivity index (χ3v) is 2.67. The summed E-state index contributed by atoms with van der Waals surface area (Å²) in [4.78, 5) is 0. The van der Waals surface area contributed by atoms with Crippen LogP contribution in [-0.2, 0) is 0 Å². The molecule has 0 heterocycles. The molecule has 0 aliphatic rings. The first-order valence-electron chi connectivity index (χ1n) is 5.89. The van der Waals surface area contributed by atoms with Crippen molar-refractivity contribution in [2.45, 2.75) is 59.4 Å². The minimum Gasteiger partial charge on any atom is -0.317 e. The number of rotatable bonds is 7. The summed E-state index contributed by atoms with van der Waals surface area (Å²) in [5.41, 5.74) is 1.55. The van der Waals surface area contributed by atoms with Crippen molar-refractivity contribution in [1.82, 2.24) is 5.32 Å². The molecule has 0 aromatic rings. The van der Waals surface area contributed by atoms with Gasteiger partial charge in [0.2, 0.25) is 0 Å². The van der Waals surface area contributed by atoms with E-state index >= 15 is 0 Å². The molecule has 0 aliphatic carbocycles. The highest BCUT2D eigenvalue weighted by Crippen LogP contribution is 2.12. The van der Waals surface area contributed by atoms with Crippen LogP contribution in [0, 0.1) is 5.92 Å². The van der Waals surface area contributed by atoms with Gasteiger partial charge in [-0.1, -0.05) is 31.9 Å². The number of hydrogen-bond donors (Lipinski definition) is 1. The zero-order chi connectivity index (χ0) is 11.0. The van der Waals surface area contributed by atoms with Crippen LogP contribution < -0.4 is 5.32 Å². The maximum Gasteiger partial charge on any atom is 0.00703 e. The third-order valence-electron chi connectivity index (χ3n) is 2.67. The van der Waals surface area contributed by atoms with Gasteiger partial charge >= 0.3 is 0 Å². The molecule has 0 saturated heterocycles. The molecule has 84 valence electrons. The highest BCUT2D eigenvalue weighted by Gasteiger charge is 1.97. The fraction of sp³-hybridized carbons (Fsp3) is 0.846. The molecule has 0 unspecified atom stereocenters. The molecule has 0 aromatic carbocycles. The molecule has 0 saturated carbocycles. The van der Waals surface area contributed by atoms with Crippen LogP contribution >= 0.6 is 0 Å². The third kappa shape index (κ3) is 8.31. The van der Waals surface area contributed by atoms with Gasteiger partial charge in [0.25, 0.3) is 0 Å². The first kappa shape index (κ1) is 13.7. The maximum absolute atomic E-state index is 3.25. The van der Waals surface area contributed by atoms with Crippen molar-refractivity contribution in [3.05, 3.63) is 11.6 Å². The van der Waals surface area contributed by atoms with E-state index in [1.165, 1.54) is 19.3 Å². The average molecular weight is 197 g/mol. The Hall–Kier alpha value is -0.300. The van der Waals surface area contributed by atoms with Crippen molar-refractivity contribution < 1.29 is 0 Å². The van der Waals surface area contributed by atoms with Gasteiger partial charge in [0.15, 0.2) is 0 Å². The first-order valence-corrected chi connectivity index (χ1v) is 5.89. The zero-order valence-electron chi connectivity index (χ0n) is 10.6. The molecule has 0 aromatic heterocycles. The standard InChI is InChI=1S/C13H27N/c1-11(2)7-6-8-12(3)9-10-13(4)14-5/h9,11,13-14H,6-8,10H2,1-5H3/b12-9+/t13-/m0/s1. The van der Waals surface area contributed by atoms with E-state index in [2.05, 4.69) is 39.1 Å². The molecule has 1 nitrogen and oxygen atoms in total. The maximum atomic E-state index is 3.25. The number of nitrogens with one attached hydrogen (secondary N) is 1. The quantitative estimate of drug-likeness (QED) is 0.613. The van der Waals surface area contributed by atoms with Crippen LogP contribution in [-0.4, -0.2) is 13.1 Å². The summed E-state index contributed by atoms with van der Waals surface area (Å²) in [6.07, 6.45) is 7.50. The highest BCUT2D eigenvalue weighted by molar-refractivity contribution is 4.98. The largest absolute Gasteiger partial charge is 0.317 e. The molecular formula is C13H27N. The molecule has 1 N–H and O–H groups in total. The van der Waals surface area contributed by atoms with Crippen molar-refractivity contribution in [2.75, 3.05) is 7.05 Å². The second kappa shape index (κ2) is 8.05. The molecule has 0 fully saturated rings. The predicted molar refractivity (Wildman–Crippen MR) is 65.6 cm³/mol. The lowest BCUT2D eigenvalue weighted by Gasteiger charge is -2.08. The Morgan fingerprint density at radius 1 is 1.29 bits per heavy atom. The second-order valence-electron chi connectivity index (χ2n) is 4.76. The number of hydrogen-bond acceptors (Lipinski definition) is 1. The van der Waals surface area contributed by atoms with Gasteiger partial charge in [0.05, 0.1) is 0 Å². The van der Waals surface area contributed by atoms with Gasteiger partial charge < -0.3 is 5.32 Å². The van der Waals surface area contributed by atoms with Gasteiger partial charge in [-0.15, -0.1) is 0 Å². The van der Waals surface area contributed by atoms with Gasteiger partial charge in [0.1, 0.15) is 0 Å².